The molecule has 3 heteroatoms. The molecular formula is C13H18FNO. The van der Waals surface area contributed by atoms with Crippen LogP contribution in [0.15, 0.2) is 18.2 Å². The third kappa shape index (κ3) is 2.42. The van der Waals surface area contributed by atoms with E-state index in [0.717, 1.165) is 37.1 Å². The van der Waals surface area contributed by atoms with E-state index in [1.165, 1.54) is 6.07 Å². The molecule has 1 fully saturated rings. The van der Waals surface area contributed by atoms with Crippen LogP contribution in [0.4, 0.5) is 4.39 Å². The van der Waals surface area contributed by atoms with E-state index >= 15 is 0 Å². The zero-order valence-corrected chi connectivity index (χ0v) is 9.62. The van der Waals surface area contributed by atoms with Crippen molar-refractivity contribution in [3.8, 4) is 0 Å². The van der Waals surface area contributed by atoms with E-state index < -0.39 is 0 Å². The highest BCUT2D eigenvalue weighted by Gasteiger charge is 2.23. The van der Waals surface area contributed by atoms with E-state index in [1.807, 2.05) is 13.0 Å². The summed E-state index contributed by atoms with van der Waals surface area (Å²) < 4.78 is 13.1. The highest BCUT2D eigenvalue weighted by molar-refractivity contribution is 5.26. The maximum atomic E-state index is 13.1. The van der Waals surface area contributed by atoms with Crippen molar-refractivity contribution in [2.24, 2.45) is 0 Å². The molecule has 1 saturated heterocycles. The Labute approximate surface area is 95.7 Å². The summed E-state index contributed by atoms with van der Waals surface area (Å²) in [6, 6.07) is 5.16. The van der Waals surface area contributed by atoms with Crippen LogP contribution in [0.1, 0.15) is 24.0 Å². The van der Waals surface area contributed by atoms with Crippen molar-refractivity contribution < 1.29 is 9.50 Å². The molecule has 16 heavy (non-hydrogen) atoms. The molecule has 2 rings (SSSR count). The summed E-state index contributed by atoms with van der Waals surface area (Å²) in [5.41, 5.74) is 2.14. The summed E-state index contributed by atoms with van der Waals surface area (Å²) in [4.78, 5) is 2.24. The van der Waals surface area contributed by atoms with Gasteiger partial charge in [-0.15, -0.1) is 0 Å². The van der Waals surface area contributed by atoms with Crippen LogP contribution < -0.4 is 0 Å². The minimum absolute atomic E-state index is 0.180. The second kappa shape index (κ2) is 4.93. The van der Waals surface area contributed by atoms with Crippen molar-refractivity contribution in [2.45, 2.75) is 32.4 Å². The van der Waals surface area contributed by atoms with Crippen molar-refractivity contribution in [1.29, 1.82) is 0 Å². The number of halogens is 1. The molecular weight excluding hydrogens is 205 g/mol. The molecule has 2 nitrogen and oxygen atoms in total. The topological polar surface area (TPSA) is 23.5 Å². The molecule has 0 spiro atoms. The van der Waals surface area contributed by atoms with Gasteiger partial charge in [-0.2, -0.15) is 0 Å². The van der Waals surface area contributed by atoms with Gasteiger partial charge < -0.3 is 5.11 Å². The zero-order valence-electron chi connectivity index (χ0n) is 9.62. The Kier molecular flexibility index (Phi) is 3.56. The summed E-state index contributed by atoms with van der Waals surface area (Å²) in [7, 11) is 0. The number of likely N-dealkylation sites (tertiary alicyclic amines) is 1. The molecule has 1 aromatic rings. The van der Waals surface area contributed by atoms with Gasteiger partial charge in [0.15, 0.2) is 0 Å². The number of hydrogen-bond acceptors (Lipinski definition) is 2. The largest absolute Gasteiger partial charge is 0.395 e. The van der Waals surface area contributed by atoms with Gasteiger partial charge in [0.05, 0.1) is 6.61 Å². The van der Waals surface area contributed by atoms with E-state index in [0.29, 0.717) is 0 Å². The van der Waals surface area contributed by atoms with Crippen molar-refractivity contribution in [3.63, 3.8) is 0 Å². The van der Waals surface area contributed by atoms with Crippen LogP contribution in [0.3, 0.4) is 0 Å². The average Bonchev–Trinajstić information content (AvgIpc) is 2.71. The Morgan fingerprint density at radius 1 is 1.50 bits per heavy atom. The normalized spacial score (nSPS) is 21.6. The van der Waals surface area contributed by atoms with Gasteiger partial charge in [0.1, 0.15) is 5.82 Å². The first kappa shape index (κ1) is 11.6. The third-order valence-corrected chi connectivity index (χ3v) is 3.39. The Morgan fingerprint density at radius 2 is 2.31 bits per heavy atom. The quantitative estimate of drug-likeness (QED) is 0.848. The molecule has 1 heterocycles. The molecule has 0 aromatic heterocycles. The molecule has 1 aliphatic heterocycles. The number of aliphatic hydroxyl groups excluding tert-OH is 1. The first-order chi connectivity index (χ1) is 7.70. The SMILES string of the molecule is Cc1ccc(F)cc1CN1CCC[C@@H]1CO. The summed E-state index contributed by atoms with van der Waals surface area (Å²) in [5.74, 6) is -0.180. The highest BCUT2D eigenvalue weighted by atomic mass is 19.1. The predicted octanol–water partition coefficient (Wildman–Crippen LogP) is 2.09. The number of nitrogens with zero attached hydrogens (tertiary/aromatic N) is 1. The van der Waals surface area contributed by atoms with Crippen molar-refractivity contribution in [2.75, 3.05) is 13.2 Å². The fourth-order valence-electron chi connectivity index (χ4n) is 2.34. The predicted molar refractivity (Wildman–Crippen MR) is 61.7 cm³/mol. The molecule has 0 amide bonds. The minimum Gasteiger partial charge on any atom is -0.395 e. The van der Waals surface area contributed by atoms with Gasteiger partial charge in [0.25, 0.3) is 0 Å². The summed E-state index contributed by atoms with van der Waals surface area (Å²) >= 11 is 0. The maximum absolute atomic E-state index is 13.1. The number of benzene rings is 1. The molecule has 0 radical (unpaired) electrons. The lowest BCUT2D eigenvalue weighted by molar-refractivity contribution is 0.153. The van der Waals surface area contributed by atoms with Gasteiger partial charge in [-0.25, -0.2) is 4.39 Å². The van der Waals surface area contributed by atoms with Crippen LogP contribution >= 0.6 is 0 Å². The molecule has 0 bridgehead atoms. The number of hydrogen-bond donors (Lipinski definition) is 1. The summed E-state index contributed by atoms with van der Waals surface area (Å²) in [6.45, 7) is 3.95. The van der Waals surface area contributed by atoms with E-state index in [-0.39, 0.29) is 18.5 Å². The number of rotatable bonds is 3. The first-order valence-electron chi connectivity index (χ1n) is 5.80. The Balaban J connectivity index is 2.11. The van der Waals surface area contributed by atoms with Gasteiger partial charge in [-0.05, 0) is 49.6 Å². The molecule has 1 aromatic carbocycles. The van der Waals surface area contributed by atoms with Crippen molar-refractivity contribution in [1.82, 2.24) is 4.90 Å². The summed E-state index contributed by atoms with van der Waals surface area (Å²) in [5, 5.41) is 9.22. The molecule has 1 N–H and O–H groups in total. The fraction of sp³-hybridized carbons (Fsp3) is 0.538. The third-order valence-electron chi connectivity index (χ3n) is 3.39. The van der Waals surface area contributed by atoms with Gasteiger partial charge in [0.2, 0.25) is 0 Å². The highest BCUT2D eigenvalue weighted by Crippen LogP contribution is 2.21. The Hall–Kier alpha value is -0.930. The van der Waals surface area contributed by atoms with Gasteiger partial charge in [-0.3, -0.25) is 4.90 Å². The molecule has 1 atom stereocenters. The van der Waals surface area contributed by atoms with Crippen LogP contribution in [0.2, 0.25) is 0 Å². The van der Waals surface area contributed by atoms with Crippen LogP contribution in [0, 0.1) is 12.7 Å². The van der Waals surface area contributed by atoms with Crippen molar-refractivity contribution in [3.05, 3.63) is 35.1 Å². The second-order valence-electron chi connectivity index (χ2n) is 4.52. The van der Waals surface area contributed by atoms with Gasteiger partial charge in [-0.1, -0.05) is 6.07 Å². The van der Waals surface area contributed by atoms with Crippen LogP contribution in [0.5, 0.6) is 0 Å². The van der Waals surface area contributed by atoms with E-state index in [1.54, 1.807) is 6.07 Å². The van der Waals surface area contributed by atoms with Crippen molar-refractivity contribution >= 4 is 0 Å². The maximum Gasteiger partial charge on any atom is 0.123 e. The zero-order chi connectivity index (χ0) is 11.5. The number of aryl methyl sites for hydroxylation is 1. The molecule has 88 valence electrons. The van der Waals surface area contributed by atoms with Gasteiger partial charge >= 0.3 is 0 Å². The van der Waals surface area contributed by atoms with E-state index in [4.69, 9.17) is 0 Å². The summed E-state index contributed by atoms with van der Waals surface area (Å²) in [6.07, 6.45) is 2.17. The lowest BCUT2D eigenvalue weighted by Gasteiger charge is -2.23. The smallest absolute Gasteiger partial charge is 0.123 e. The monoisotopic (exact) mass is 223 g/mol. The molecule has 1 aliphatic rings. The second-order valence-corrected chi connectivity index (χ2v) is 4.52. The average molecular weight is 223 g/mol. The lowest BCUT2D eigenvalue weighted by atomic mass is 10.1. The molecule has 0 unspecified atom stereocenters. The van der Waals surface area contributed by atoms with Crippen LogP contribution in [-0.4, -0.2) is 29.2 Å². The Bertz CT molecular complexity index is 367. The number of aliphatic hydroxyl groups is 1. The Morgan fingerprint density at radius 3 is 3.06 bits per heavy atom. The first-order valence-corrected chi connectivity index (χ1v) is 5.80. The van der Waals surface area contributed by atoms with Gasteiger partial charge in [0, 0.05) is 12.6 Å². The lowest BCUT2D eigenvalue weighted by Crippen LogP contribution is -2.31. The van der Waals surface area contributed by atoms with E-state index in [9.17, 15) is 9.50 Å². The van der Waals surface area contributed by atoms with Crippen LogP contribution in [-0.2, 0) is 6.54 Å². The minimum atomic E-state index is -0.180. The van der Waals surface area contributed by atoms with E-state index in [2.05, 4.69) is 4.90 Å². The molecule has 0 aliphatic carbocycles. The fourth-order valence-corrected chi connectivity index (χ4v) is 2.34. The molecule has 0 saturated carbocycles. The standard InChI is InChI=1S/C13H18FNO/c1-10-4-5-12(14)7-11(10)8-15-6-2-3-13(15)9-16/h4-5,7,13,16H,2-3,6,8-9H2,1H3/t13-/m1/s1. The van der Waals surface area contributed by atoms with Crippen LogP contribution in [0.25, 0.3) is 0 Å².